The first kappa shape index (κ1) is 12.8. The van der Waals surface area contributed by atoms with Crippen molar-refractivity contribution in [2.75, 3.05) is 32.4 Å². The first-order valence-electron chi connectivity index (χ1n) is 5.65. The van der Waals surface area contributed by atoms with Crippen molar-refractivity contribution in [3.63, 3.8) is 0 Å². The number of thioether (sulfide) groups is 1. The lowest BCUT2D eigenvalue weighted by Gasteiger charge is -2.27. The maximum Gasteiger partial charge on any atom is 0.141 e. The smallest absolute Gasteiger partial charge is 0.141 e. The highest BCUT2D eigenvalue weighted by molar-refractivity contribution is 7.98. The minimum absolute atomic E-state index is 0.280. The van der Waals surface area contributed by atoms with Crippen LogP contribution in [0.25, 0.3) is 0 Å². The van der Waals surface area contributed by atoms with E-state index in [-0.39, 0.29) is 11.6 Å². The molecule has 2 rings (SSSR count). The van der Waals surface area contributed by atoms with Crippen molar-refractivity contribution >= 4 is 11.8 Å². The molecule has 1 saturated heterocycles. The zero-order valence-electron chi connectivity index (χ0n) is 9.80. The van der Waals surface area contributed by atoms with Crippen LogP contribution in [0.4, 0.5) is 8.78 Å². The van der Waals surface area contributed by atoms with Crippen LogP contribution in [0, 0.1) is 11.6 Å². The molecule has 17 heavy (non-hydrogen) atoms. The predicted octanol–water partition coefficient (Wildman–Crippen LogP) is 2.09. The molecule has 1 N–H and O–H groups in total. The van der Waals surface area contributed by atoms with Crippen LogP contribution < -0.4 is 5.32 Å². The van der Waals surface area contributed by atoms with Crippen LogP contribution in [0.3, 0.4) is 0 Å². The van der Waals surface area contributed by atoms with Crippen LogP contribution in [0.1, 0.15) is 5.56 Å². The summed E-state index contributed by atoms with van der Waals surface area (Å²) in [4.78, 5) is 2.52. The molecule has 0 atom stereocenters. The van der Waals surface area contributed by atoms with Crippen molar-refractivity contribution in [3.05, 3.63) is 29.3 Å². The van der Waals surface area contributed by atoms with Crippen LogP contribution in [-0.4, -0.2) is 37.3 Å². The fourth-order valence-electron chi connectivity index (χ4n) is 1.99. The third kappa shape index (κ3) is 3.18. The predicted molar refractivity (Wildman–Crippen MR) is 66.3 cm³/mol. The molecule has 94 valence electrons. The summed E-state index contributed by atoms with van der Waals surface area (Å²) >= 11 is 1.24. The average molecular weight is 258 g/mol. The lowest BCUT2D eigenvalue weighted by molar-refractivity contribution is 0.229. The van der Waals surface area contributed by atoms with E-state index in [0.29, 0.717) is 17.0 Å². The van der Waals surface area contributed by atoms with Crippen molar-refractivity contribution in [2.24, 2.45) is 0 Å². The van der Waals surface area contributed by atoms with Crippen LogP contribution in [0.5, 0.6) is 0 Å². The van der Waals surface area contributed by atoms with Crippen molar-refractivity contribution in [1.29, 1.82) is 0 Å². The number of piperazine rings is 1. The minimum atomic E-state index is -0.360. The molecule has 0 aromatic heterocycles. The third-order valence-corrected chi connectivity index (χ3v) is 3.64. The van der Waals surface area contributed by atoms with E-state index in [1.807, 2.05) is 0 Å². The first-order valence-corrected chi connectivity index (χ1v) is 6.88. The SMILES string of the molecule is CSc1cc(F)cc(CN2CCNCC2)c1F. The van der Waals surface area contributed by atoms with E-state index >= 15 is 0 Å². The van der Waals surface area contributed by atoms with Gasteiger partial charge in [-0.3, -0.25) is 4.90 Å². The van der Waals surface area contributed by atoms with E-state index in [0.717, 1.165) is 26.2 Å². The summed E-state index contributed by atoms with van der Waals surface area (Å²) < 4.78 is 27.3. The molecular formula is C12H16F2N2S. The van der Waals surface area contributed by atoms with Gasteiger partial charge in [0.1, 0.15) is 11.6 Å². The number of hydrogen-bond acceptors (Lipinski definition) is 3. The number of benzene rings is 1. The molecule has 0 amide bonds. The van der Waals surface area contributed by atoms with E-state index in [1.165, 1.54) is 23.9 Å². The van der Waals surface area contributed by atoms with Crippen molar-refractivity contribution in [3.8, 4) is 0 Å². The zero-order valence-corrected chi connectivity index (χ0v) is 10.6. The average Bonchev–Trinajstić information content (AvgIpc) is 2.34. The molecule has 0 saturated carbocycles. The van der Waals surface area contributed by atoms with Crippen molar-refractivity contribution in [1.82, 2.24) is 10.2 Å². The van der Waals surface area contributed by atoms with E-state index < -0.39 is 0 Å². The van der Waals surface area contributed by atoms with Gasteiger partial charge in [0.05, 0.1) is 0 Å². The Morgan fingerprint density at radius 2 is 2.00 bits per heavy atom. The summed E-state index contributed by atoms with van der Waals surface area (Å²) in [6, 6.07) is 2.55. The maximum absolute atomic E-state index is 14.0. The normalized spacial score (nSPS) is 17.4. The highest BCUT2D eigenvalue weighted by Gasteiger charge is 2.15. The van der Waals surface area contributed by atoms with Crippen LogP contribution in [0.15, 0.2) is 17.0 Å². The van der Waals surface area contributed by atoms with Gasteiger partial charge in [0.25, 0.3) is 0 Å². The fraction of sp³-hybridized carbons (Fsp3) is 0.500. The van der Waals surface area contributed by atoms with Gasteiger partial charge in [-0.1, -0.05) is 0 Å². The van der Waals surface area contributed by atoms with Crippen LogP contribution >= 0.6 is 11.8 Å². The molecular weight excluding hydrogens is 242 g/mol. The van der Waals surface area contributed by atoms with E-state index in [9.17, 15) is 8.78 Å². The molecule has 1 fully saturated rings. The molecule has 0 bridgehead atoms. The number of hydrogen-bond donors (Lipinski definition) is 1. The molecule has 0 radical (unpaired) electrons. The third-order valence-electron chi connectivity index (χ3n) is 2.90. The van der Waals surface area contributed by atoms with Gasteiger partial charge in [-0.25, -0.2) is 8.78 Å². The second-order valence-corrected chi connectivity index (χ2v) is 4.96. The largest absolute Gasteiger partial charge is 0.314 e. The lowest BCUT2D eigenvalue weighted by atomic mass is 10.2. The summed E-state index contributed by atoms with van der Waals surface area (Å²) in [6.45, 7) is 4.06. The van der Waals surface area contributed by atoms with E-state index in [2.05, 4.69) is 10.2 Å². The van der Waals surface area contributed by atoms with Crippen LogP contribution in [0.2, 0.25) is 0 Å². The highest BCUT2D eigenvalue weighted by atomic mass is 32.2. The van der Waals surface area contributed by atoms with Gasteiger partial charge in [0, 0.05) is 43.2 Å². The Morgan fingerprint density at radius 1 is 1.29 bits per heavy atom. The first-order chi connectivity index (χ1) is 8.20. The Hall–Kier alpha value is -0.650. The molecule has 1 heterocycles. The van der Waals surface area contributed by atoms with Gasteiger partial charge in [0.15, 0.2) is 0 Å². The lowest BCUT2D eigenvalue weighted by Crippen LogP contribution is -2.43. The Balaban J connectivity index is 2.16. The summed E-state index contributed by atoms with van der Waals surface area (Å²) in [7, 11) is 0. The number of nitrogens with one attached hydrogen (secondary N) is 1. The van der Waals surface area contributed by atoms with E-state index in [4.69, 9.17) is 0 Å². The Kier molecular flexibility index (Phi) is 4.36. The van der Waals surface area contributed by atoms with Gasteiger partial charge in [-0.2, -0.15) is 0 Å². The second-order valence-electron chi connectivity index (χ2n) is 4.11. The molecule has 1 aliphatic heterocycles. The zero-order chi connectivity index (χ0) is 12.3. The van der Waals surface area contributed by atoms with Gasteiger partial charge in [-0.15, -0.1) is 11.8 Å². The van der Waals surface area contributed by atoms with Gasteiger partial charge in [-0.05, 0) is 18.4 Å². The topological polar surface area (TPSA) is 15.3 Å². The highest BCUT2D eigenvalue weighted by Crippen LogP contribution is 2.24. The van der Waals surface area contributed by atoms with Gasteiger partial charge in [0.2, 0.25) is 0 Å². The van der Waals surface area contributed by atoms with Gasteiger partial charge < -0.3 is 5.32 Å². The van der Waals surface area contributed by atoms with E-state index in [1.54, 1.807) is 6.26 Å². The molecule has 0 spiro atoms. The van der Waals surface area contributed by atoms with Crippen LogP contribution in [-0.2, 0) is 6.54 Å². The quantitative estimate of drug-likeness (QED) is 0.836. The fourth-order valence-corrected chi connectivity index (χ4v) is 2.53. The molecule has 0 unspecified atom stereocenters. The molecule has 1 aromatic rings. The molecule has 0 aliphatic carbocycles. The summed E-state index contributed by atoms with van der Waals surface area (Å²) in [6.07, 6.45) is 1.76. The molecule has 1 aromatic carbocycles. The Bertz CT molecular complexity index is 392. The number of nitrogens with zero attached hydrogens (tertiary/aromatic N) is 1. The monoisotopic (exact) mass is 258 g/mol. The summed E-state index contributed by atoms with van der Waals surface area (Å²) in [5, 5.41) is 3.24. The van der Waals surface area contributed by atoms with Crippen molar-refractivity contribution in [2.45, 2.75) is 11.4 Å². The van der Waals surface area contributed by atoms with Gasteiger partial charge >= 0.3 is 0 Å². The Labute approximate surface area is 104 Å². The second kappa shape index (κ2) is 5.80. The standard InChI is InChI=1S/C12H16F2N2S/c1-17-11-7-10(13)6-9(12(11)14)8-16-4-2-15-3-5-16/h6-7,15H,2-5,8H2,1H3. The van der Waals surface area contributed by atoms with Crippen molar-refractivity contribution < 1.29 is 8.78 Å². The molecule has 5 heteroatoms. The maximum atomic E-state index is 14.0. The minimum Gasteiger partial charge on any atom is -0.314 e. The Morgan fingerprint density at radius 3 is 2.65 bits per heavy atom. The molecule has 1 aliphatic rings. The number of halogens is 2. The number of rotatable bonds is 3. The molecule has 2 nitrogen and oxygen atoms in total. The summed E-state index contributed by atoms with van der Waals surface area (Å²) in [5.74, 6) is -0.640. The summed E-state index contributed by atoms with van der Waals surface area (Å²) in [5.41, 5.74) is 0.455.